The largest absolute Gasteiger partial charge is 0.379 e. The molecule has 3 saturated heterocycles. The normalized spacial score (nSPS) is 38.6. The number of nitrogens with one attached hydrogen (secondary N) is 1. The topological polar surface area (TPSA) is 96.3 Å². The van der Waals surface area contributed by atoms with Gasteiger partial charge in [0.25, 0.3) is 0 Å². The second-order valence-electron chi connectivity index (χ2n) is 7.59. The molecule has 5 unspecified atom stereocenters. The molecule has 0 radical (unpaired) electrons. The van der Waals surface area contributed by atoms with Gasteiger partial charge in [-0.05, 0) is 26.0 Å². The molecule has 0 bridgehead atoms. The van der Waals surface area contributed by atoms with Crippen molar-refractivity contribution in [3.63, 3.8) is 0 Å². The molecule has 3 fully saturated rings. The summed E-state index contributed by atoms with van der Waals surface area (Å²) in [5.41, 5.74) is 0.907. The quantitative estimate of drug-likeness (QED) is 0.524. The molecule has 0 saturated carbocycles. The zero-order valence-electron chi connectivity index (χ0n) is 14.9. The van der Waals surface area contributed by atoms with E-state index in [2.05, 4.69) is 22.2 Å². The number of imide groups is 1. The number of piperidine rings is 1. The third kappa shape index (κ3) is 2.87. The van der Waals surface area contributed by atoms with Gasteiger partial charge in [-0.1, -0.05) is 12.2 Å². The van der Waals surface area contributed by atoms with E-state index in [0.717, 1.165) is 31.9 Å². The standard InChI is InChI=1S/C18H26N4O4/c1-20-7-9-21(10-8-20)12-4-2-3-11-15(12)18(26)22(17(11)25)13-5-6-14(23)19-16(13)24/h2-4,11,13-16,19,23-24H,5-10H2,1H3. The second kappa shape index (κ2) is 6.77. The number of likely N-dealkylation sites (tertiary alicyclic amines) is 1. The van der Waals surface area contributed by atoms with Crippen LogP contribution in [0.2, 0.25) is 0 Å². The van der Waals surface area contributed by atoms with Crippen LogP contribution < -0.4 is 5.32 Å². The molecular formula is C18H26N4O4. The van der Waals surface area contributed by atoms with E-state index in [4.69, 9.17) is 0 Å². The van der Waals surface area contributed by atoms with Crippen LogP contribution in [0.25, 0.3) is 0 Å². The van der Waals surface area contributed by atoms with Crippen molar-refractivity contribution in [3.05, 3.63) is 23.9 Å². The number of aliphatic hydroxyl groups is 2. The van der Waals surface area contributed by atoms with Crippen LogP contribution in [0.1, 0.15) is 12.8 Å². The number of rotatable bonds is 2. The SMILES string of the molecule is CN1CCN(C2=CC=CC3C(=O)N(C4CCC(O)NC4O)C(=O)C23)CC1. The summed E-state index contributed by atoms with van der Waals surface area (Å²) in [5, 5.41) is 22.5. The molecule has 142 valence electrons. The lowest BCUT2D eigenvalue weighted by atomic mass is 9.87. The minimum absolute atomic E-state index is 0.239. The summed E-state index contributed by atoms with van der Waals surface area (Å²) in [6.07, 6.45) is 4.48. The number of nitrogens with zero attached hydrogens (tertiary/aromatic N) is 3. The van der Waals surface area contributed by atoms with Gasteiger partial charge in [-0.3, -0.25) is 19.8 Å². The first-order chi connectivity index (χ1) is 12.5. The van der Waals surface area contributed by atoms with Crippen molar-refractivity contribution in [1.82, 2.24) is 20.0 Å². The first-order valence-electron chi connectivity index (χ1n) is 9.28. The molecule has 5 atom stereocenters. The fraction of sp³-hybridized carbons (Fsp3) is 0.667. The molecule has 1 aliphatic carbocycles. The highest BCUT2D eigenvalue weighted by Gasteiger charge is 2.53. The lowest BCUT2D eigenvalue weighted by Crippen LogP contribution is -2.58. The number of aliphatic hydroxyl groups excluding tert-OH is 2. The van der Waals surface area contributed by atoms with Gasteiger partial charge in [0.15, 0.2) is 0 Å². The van der Waals surface area contributed by atoms with Crippen LogP contribution in [0.15, 0.2) is 23.9 Å². The molecule has 8 heteroatoms. The zero-order valence-corrected chi connectivity index (χ0v) is 14.9. The number of hydrogen-bond donors (Lipinski definition) is 3. The molecule has 4 aliphatic rings. The van der Waals surface area contributed by atoms with Crippen LogP contribution in [0, 0.1) is 11.8 Å². The number of likely N-dealkylation sites (N-methyl/N-ethyl adjacent to an activating group) is 1. The predicted octanol–water partition coefficient (Wildman–Crippen LogP) is -1.32. The Morgan fingerprint density at radius 1 is 1.08 bits per heavy atom. The maximum atomic E-state index is 13.2. The predicted molar refractivity (Wildman–Crippen MR) is 93.3 cm³/mol. The van der Waals surface area contributed by atoms with E-state index in [1.54, 1.807) is 6.08 Å². The molecule has 0 aromatic heterocycles. The van der Waals surface area contributed by atoms with Gasteiger partial charge in [-0.2, -0.15) is 0 Å². The van der Waals surface area contributed by atoms with E-state index in [1.165, 1.54) is 4.90 Å². The van der Waals surface area contributed by atoms with Crippen molar-refractivity contribution < 1.29 is 19.8 Å². The summed E-state index contributed by atoms with van der Waals surface area (Å²) in [6.45, 7) is 3.52. The molecular weight excluding hydrogens is 336 g/mol. The van der Waals surface area contributed by atoms with Crippen molar-refractivity contribution in [2.24, 2.45) is 11.8 Å². The highest BCUT2D eigenvalue weighted by Crippen LogP contribution is 2.39. The van der Waals surface area contributed by atoms with Crippen LogP contribution in [0.4, 0.5) is 0 Å². The minimum Gasteiger partial charge on any atom is -0.379 e. The number of carbonyl (C=O) groups is 2. The zero-order chi connectivity index (χ0) is 18.4. The van der Waals surface area contributed by atoms with Gasteiger partial charge in [0.1, 0.15) is 12.5 Å². The third-order valence-electron chi connectivity index (χ3n) is 5.95. The van der Waals surface area contributed by atoms with Crippen LogP contribution in [-0.2, 0) is 9.59 Å². The van der Waals surface area contributed by atoms with E-state index in [1.807, 2.05) is 12.2 Å². The smallest absolute Gasteiger partial charge is 0.239 e. The highest BCUT2D eigenvalue weighted by atomic mass is 16.3. The van der Waals surface area contributed by atoms with Crippen molar-refractivity contribution in [2.75, 3.05) is 33.2 Å². The van der Waals surface area contributed by atoms with Crippen LogP contribution in [0.5, 0.6) is 0 Å². The summed E-state index contributed by atoms with van der Waals surface area (Å²) >= 11 is 0. The Kier molecular flexibility index (Phi) is 4.60. The lowest BCUT2D eigenvalue weighted by Gasteiger charge is -2.39. The monoisotopic (exact) mass is 362 g/mol. The van der Waals surface area contributed by atoms with Gasteiger partial charge in [0.05, 0.1) is 17.9 Å². The fourth-order valence-electron chi connectivity index (χ4n) is 4.44. The Hall–Kier alpha value is -1.74. The number of amides is 2. The van der Waals surface area contributed by atoms with Crippen LogP contribution in [0.3, 0.4) is 0 Å². The van der Waals surface area contributed by atoms with E-state index in [-0.39, 0.29) is 11.8 Å². The van der Waals surface area contributed by atoms with Crippen LogP contribution in [-0.4, -0.2) is 88.5 Å². The van der Waals surface area contributed by atoms with E-state index in [0.29, 0.717) is 12.8 Å². The van der Waals surface area contributed by atoms with Crippen molar-refractivity contribution in [2.45, 2.75) is 31.3 Å². The summed E-state index contributed by atoms with van der Waals surface area (Å²) < 4.78 is 0. The van der Waals surface area contributed by atoms with Gasteiger partial charge in [-0.25, -0.2) is 0 Å². The number of allylic oxidation sites excluding steroid dienone is 2. The average molecular weight is 362 g/mol. The van der Waals surface area contributed by atoms with Gasteiger partial charge in [0.2, 0.25) is 11.8 Å². The Morgan fingerprint density at radius 3 is 2.50 bits per heavy atom. The van der Waals surface area contributed by atoms with Gasteiger partial charge in [-0.15, -0.1) is 0 Å². The number of fused-ring (bicyclic) bond motifs is 1. The molecule has 26 heavy (non-hydrogen) atoms. The van der Waals surface area contributed by atoms with Gasteiger partial charge in [0, 0.05) is 31.9 Å². The molecule has 0 aromatic carbocycles. The fourth-order valence-corrected chi connectivity index (χ4v) is 4.44. The molecule has 3 aliphatic heterocycles. The third-order valence-corrected chi connectivity index (χ3v) is 5.95. The van der Waals surface area contributed by atoms with E-state index < -0.39 is 30.3 Å². The maximum absolute atomic E-state index is 13.2. The number of carbonyl (C=O) groups excluding carboxylic acids is 2. The first-order valence-corrected chi connectivity index (χ1v) is 9.28. The molecule has 0 aromatic rings. The minimum atomic E-state index is -1.10. The van der Waals surface area contributed by atoms with E-state index in [9.17, 15) is 19.8 Å². The van der Waals surface area contributed by atoms with Gasteiger partial charge < -0.3 is 20.0 Å². The Balaban J connectivity index is 1.57. The van der Waals surface area contributed by atoms with Gasteiger partial charge >= 0.3 is 0 Å². The van der Waals surface area contributed by atoms with Crippen molar-refractivity contribution in [3.8, 4) is 0 Å². The Bertz CT molecular complexity index is 656. The maximum Gasteiger partial charge on any atom is 0.239 e. The lowest BCUT2D eigenvalue weighted by molar-refractivity contribution is -0.149. The summed E-state index contributed by atoms with van der Waals surface area (Å²) in [4.78, 5) is 31.8. The number of piperazine rings is 1. The first kappa shape index (κ1) is 17.7. The molecule has 0 spiro atoms. The molecule has 3 N–H and O–H groups in total. The summed E-state index contributed by atoms with van der Waals surface area (Å²) in [5.74, 6) is -1.49. The molecule has 4 rings (SSSR count). The average Bonchev–Trinajstić information content (AvgIpc) is 2.87. The summed E-state index contributed by atoms with van der Waals surface area (Å²) in [6, 6.07) is -0.633. The van der Waals surface area contributed by atoms with Crippen molar-refractivity contribution in [1.29, 1.82) is 0 Å². The number of hydrogen-bond acceptors (Lipinski definition) is 7. The Labute approximate surface area is 152 Å². The molecule has 8 nitrogen and oxygen atoms in total. The molecule has 2 amide bonds. The van der Waals surface area contributed by atoms with E-state index >= 15 is 0 Å². The molecule has 3 heterocycles. The second-order valence-corrected chi connectivity index (χ2v) is 7.59. The summed E-state index contributed by atoms with van der Waals surface area (Å²) in [7, 11) is 2.08. The van der Waals surface area contributed by atoms with Crippen molar-refractivity contribution >= 4 is 11.8 Å². The van der Waals surface area contributed by atoms with Crippen LogP contribution >= 0.6 is 0 Å². The Morgan fingerprint density at radius 2 is 1.81 bits per heavy atom. The highest BCUT2D eigenvalue weighted by molar-refractivity contribution is 6.08.